The van der Waals surface area contributed by atoms with Crippen molar-refractivity contribution in [2.75, 3.05) is 11.9 Å². The molecule has 0 fully saturated rings. The topological polar surface area (TPSA) is 102 Å². The lowest BCUT2D eigenvalue weighted by atomic mass is 10.2. The number of nitrogens with two attached hydrogens (primary N) is 1. The van der Waals surface area contributed by atoms with Gasteiger partial charge in [-0.3, -0.25) is 0 Å². The number of allylic oxidation sites excluding steroid dienone is 1. The Bertz CT molecular complexity index is 818. The number of para-hydroxylation sites is 1. The van der Waals surface area contributed by atoms with E-state index in [9.17, 15) is 13.5 Å². The molecular formula is C17H20N2O4S. The van der Waals surface area contributed by atoms with E-state index in [2.05, 4.69) is 5.32 Å². The Morgan fingerprint density at radius 3 is 2.54 bits per heavy atom. The van der Waals surface area contributed by atoms with E-state index in [1.165, 1.54) is 6.07 Å². The first-order valence-corrected chi connectivity index (χ1v) is 8.89. The monoisotopic (exact) mass is 348 g/mol. The fourth-order valence-corrected chi connectivity index (χ4v) is 2.82. The predicted octanol–water partition coefficient (Wildman–Crippen LogP) is 2.61. The average Bonchev–Trinajstić information content (AvgIpc) is 2.56. The van der Waals surface area contributed by atoms with Gasteiger partial charge in [0.1, 0.15) is 10.6 Å². The Hall–Kier alpha value is -2.35. The molecule has 6 nitrogen and oxygen atoms in total. The minimum Gasteiger partial charge on any atom is -0.454 e. The second kappa shape index (κ2) is 7.96. The van der Waals surface area contributed by atoms with Gasteiger partial charge in [0.15, 0.2) is 5.75 Å². The SMILES string of the molecule is C/C=C/CNc1cc(CO)cc(S(N)(=O)=O)c1Oc1ccccc1. The summed E-state index contributed by atoms with van der Waals surface area (Å²) >= 11 is 0. The summed E-state index contributed by atoms with van der Waals surface area (Å²) in [6, 6.07) is 11.8. The van der Waals surface area contributed by atoms with Crippen molar-refractivity contribution in [3.8, 4) is 11.5 Å². The fraction of sp³-hybridized carbons (Fsp3) is 0.176. The Labute approximate surface area is 141 Å². The van der Waals surface area contributed by atoms with Gasteiger partial charge in [-0.1, -0.05) is 30.4 Å². The van der Waals surface area contributed by atoms with Crippen molar-refractivity contribution in [3.63, 3.8) is 0 Å². The van der Waals surface area contributed by atoms with Crippen LogP contribution in [0.5, 0.6) is 11.5 Å². The summed E-state index contributed by atoms with van der Waals surface area (Å²) in [7, 11) is -4.03. The van der Waals surface area contributed by atoms with Crippen molar-refractivity contribution in [2.24, 2.45) is 5.14 Å². The van der Waals surface area contributed by atoms with Crippen LogP contribution in [0.2, 0.25) is 0 Å². The number of benzene rings is 2. The Morgan fingerprint density at radius 2 is 1.96 bits per heavy atom. The molecule has 0 heterocycles. The van der Waals surface area contributed by atoms with Gasteiger partial charge in [-0.15, -0.1) is 0 Å². The molecule has 2 aromatic rings. The van der Waals surface area contributed by atoms with Gasteiger partial charge < -0.3 is 15.2 Å². The Morgan fingerprint density at radius 1 is 1.25 bits per heavy atom. The maximum atomic E-state index is 12.0. The van der Waals surface area contributed by atoms with E-state index in [4.69, 9.17) is 9.88 Å². The zero-order valence-corrected chi connectivity index (χ0v) is 14.1. The number of primary sulfonamides is 1. The molecule has 0 saturated heterocycles. The molecule has 0 radical (unpaired) electrons. The van der Waals surface area contributed by atoms with Crippen LogP contribution in [0.15, 0.2) is 59.5 Å². The summed E-state index contributed by atoms with van der Waals surface area (Å²) in [5.41, 5.74) is 0.856. The Balaban J connectivity index is 2.57. The van der Waals surface area contributed by atoms with Crippen LogP contribution < -0.4 is 15.2 Å². The third kappa shape index (κ3) is 4.58. The van der Waals surface area contributed by atoms with Crippen molar-refractivity contribution >= 4 is 15.7 Å². The first-order valence-electron chi connectivity index (χ1n) is 7.34. The largest absolute Gasteiger partial charge is 0.454 e. The third-order valence-corrected chi connectivity index (χ3v) is 4.13. The highest BCUT2D eigenvalue weighted by molar-refractivity contribution is 7.89. The molecule has 0 aromatic heterocycles. The van der Waals surface area contributed by atoms with Crippen molar-refractivity contribution in [2.45, 2.75) is 18.4 Å². The summed E-state index contributed by atoms with van der Waals surface area (Å²) in [5, 5.41) is 17.8. The third-order valence-electron chi connectivity index (χ3n) is 3.21. The van der Waals surface area contributed by atoms with E-state index in [-0.39, 0.29) is 17.3 Å². The van der Waals surface area contributed by atoms with Gasteiger partial charge in [-0.2, -0.15) is 0 Å². The van der Waals surface area contributed by atoms with Crippen LogP contribution in [0.3, 0.4) is 0 Å². The Kier molecular flexibility index (Phi) is 5.97. The van der Waals surface area contributed by atoms with Gasteiger partial charge in [0, 0.05) is 6.54 Å². The lowest BCUT2D eigenvalue weighted by molar-refractivity contribution is 0.281. The molecule has 0 bridgehead atoms. The van der Waals surface area contributed by atoms with Gasteiger partial charge in [-0.05, 0) is 36.8 Å². The van der Waals surface area contributed by atoms with Crippen molar-refractivity contribution < 1.29 is 18.3 Å². The van der Waals surface area contributed by atoms with E-state index < -0.39 is 10.0 Å². The maximum Gasteiger partial charge on any atom is 0.241 e. The highest BCUT2D eigenvalue weighted by Gasteiger charge is 2.21. The number of ether oxygens (including phenoxy) is 1. The zero-order valence-electron chi connectivity index (χ0n) is 13.3. The molecule has 0 saturated carbocycles. The number of aliphatic hydroxyl groups is 1. The van der Waals surface area contributed by atoms with E-state index in [0.717, 1.165) is 0 Å². The number of anilines is 1. The predicted molar refractivity (Wildman–Crippen MR) is 93.6 cm³/mol. The van der Waals surface area contributed by atoms with Crippen LogP contribution in [-0.2, 0) is 16.6 Å². The second-order valence-corrected chi connectivity index (χ2v) is 6.57. The first kappa shape index (κ1) is 18.0. The number of hydrogen-bond acceptors (Lipinski definition) is 5. The van der Waals surface area contributed by atoms with Crippen LogP contribution in [-0.4, -0.2) is 20.1 Å². The molecule has 128 valence electrons. The fourth-order valence-electron chi connectivity index (χ4n) is 2.09. The lowest BCUT2D eigenvalue weighted by Gasteiger charge is -2.17. The molecular weight excluding hydrogens is 328 g/mol. The molecule has 4 N–H and O–H groups in total. The lowest BCUT2D eigenvalue weighted by Crippen LogP contribution is -2.15. The van der Waals surface area contributed by atoms with Crippen LogP contribution in [0, 0.1) is 0 Å². The van der Waals surface area contributed by atoms with Crippen LogP contribution in [0.25, 0.3) is 0 Å². The van der Waals surface area contributed by atoms with E-state index in [1.807, 2.05) is 25.1 Å². The van der Waals surface area contributed by atoms with E-state index in [0.29, 0.717) is 23.5 Å². The quantitative estimate of drug-likeness (QED) is 0.668. The molecule has 0 spiro atoms. The second-order valence-electron chi connectivity index (χ2n) is 5.04. The van der Waals surface area contributed by atoms with Gasteiger partial charge in [0.25, 0.3) is 0 Å². The number of nitrogens with one attached hydrogen (secondary N) is 1. The minimum atomic E-state index is -4.03. The maximum absolute atomic E-state index is 12.0. The summed E-state index contributed by atoms with van der Waals surface area (Å²) in [6.45, 7) is 2.04. The van der Waals surface area contributed by atoms with Gasteiger partial charge in [0.2, 0.25) is 10.0 Å². The number of sulfonamides is 1. The van der Waals surface area contributed by atoms with Crippen LogP contribution in [0.4, 0.5) is 5.69 Å². The molecule has 24 heavy (non-hydrogen) atoms. The van der Waals surface area contributed by atoms with Gasteiger partial charge >= 0.3 is 0 Å². The number of aliphatic hydroxyl groups excluding tert-OH is 1. The molecule has 0 amide bonds. The molecule has 0 aliphatic rings. The molecule has 0 aliphatic carbocycles. The highest BCUT2D eigenvalue weighted by atomic mass is 32.2. The van der Waals surface area contributed by atoms with E-state index in [1.54, 1.807) is 30.3 Å². The smallest absolute Gasteiger partial charge is 0.241 e. The summed E-state index contributed by atoms with van der Waals surface area (Å²) < 4.78 is 29.7. The molecule has 7 heteroatoms. The van der Waals surface area contributed by atoms with Gasteiger partial charge in [-0.25, -0.2) is 13.6 Å². The van der Waals surface area contributed by atoms with Crippen molar-refractivity contribution in [3.05, 3.63) is 60.2 Å². The zero-order chi connectivity index (χ0) is 17.6. The van der Waals surface area contributed by atoms with E-state index >= 15 is 0 Å². The molecule has 2 rings (SSSR count). The minimum absolute atomic E-state index is 0.102. The highest BCUT2D eigenvalue weighted by Crippen LogP contribution is 2.37. The van der Waals surface area contributed by atoms with Crippen LogP contribution in [0.1, 0.15) is 12.5 Å². The van der Waals surface area contributed by atoms with Crippen molar-refractivity contribution in [1.82, 2.24) is 0 Å². The standard InChI is InChI=1S/C17H20N2O4S/c1-2-3-9-19-15-10-13(12-20)11-16(24(18,21)22)17(15)23-14-7-5-4-6-8-14/h2-8,10-11,19-20H,9,12H2,1H3,(H2,18,21,22)/b3-2+. The summed E-state index contributed by atoms with van der Waals surface area (Å²) in [4.78, 5) is -0.180. The summed E-state index contributed by atoms with van der Waals surface area (Å²) in [5.74, 6) is 0.582. The number of rotatable bonds is 7. The first-order chi connectivity index (χ1) is 11.5. The molecule has 0 unspecified atom stereocenters. The number of hydrogen-bond donors (Lipinski definition) is 3. The molecule has 2 aromatic carbocycles. The summed E-state index contributed by atoms with van der Waals surface area (Å²) in [6.07, 6.45) is 3.73. The van der Waals surface area contributed by atoms with Crippen molar-refractivity contribution in [1.29, 1.82) is 0 Å². The average molecular weight is 348 g/mol. The van der Waals surface area contributed by atoms with Crippen LogP contribution >= 0.6 is 0 Å². The normalized spacial score (nSPS) is 11.6. The molecule has 0 atom stereocenters. The molecule has 0 aliphatic heterocycles. The van der Waals surface area contributed by atoms with Gasteiger partial charge in [0.05, 0.1) is 12.3 Å².